The van der Waals surface area contributed by atoms with Gasteiger partial charge in [-0.05, 0) is 61.9 Å². The van der Waals surface area contributed by atoms with Crippen molar-refractivity contribution in [1.29, 1.82) is 0 Å². The van der Waals surface area contributed by atoms with Crippen LogP contribution in [0.5, 0.6) is 0 Å². The number of ether oxygens (including phenoxy) is 1. The topological polar surface area (TPSA) is 46.6 Å². The highest BCUT2D eigenvalue weighted by Crippen LogP contribution is 2.28. The second-order valence-corrected chi connectivity index (χ2v) is 9.55. The van der Waals surface area contributed by atoms with Crippen LogP contribution >= 0.6 is 11.3 Å². The predicted molar refractivity (Wildman–Crippen MR) is 133 cm³/mol. The molecule has 2 aromatic rings. The first-order chi connectivity index (χ1) is 15.6. The van der Waals surface area contributed by atoms with Crippen molar-refractivity contribution in [2.45, 2.75) is 77.7 Å². The lowest BCUT2D eigenvalue weighted by Gasteiger charge is -2.23. The van der Waals surface area contributed by atoms with Crippen LogP contribution in [0.3, 0.4) is 0 Å². The van der Waals surface area contributed by atoms with E-state index in [9.17, 15) is 9.59 Å². The van der Waals surface area contributed by atoms with E-state index in [1.807, 2.05) is 24.0 Å². The Labute approximate surface area is 196 Å². The van der Waals surface area contributed by atoms with Gasteiger partial charge in [0, 0.05) is 17.0 Å². The summed E-state index contributed by atoms with van der Waals surface area (Å²) >= 11 is 1.48. The van der Waals surface area contributed by atoms with Crippen LogP contribution in [0.1, 0.15) is 78.9 Å². The Kier molecular flexibility index (Phi) is 9.54. The van der Waals surface area contributed by atoms with Crippen molar-refractivity contribution in [3.05, 3.63) is 63.9 Å². The number of esters is 1. The van der Waals surface area contributed by atoms with Gasteiger partial charge in [0.05, 0.1) is 12.6 Å². The number of carbonyl (C=O) groups excluding carboxylic acids is 2. The molecule has 0 unspecified atom stereocenters. The van der Waals surface area contributed by atoms with E-state index < -0.39 is 0 Å². The summed E-state index contributed by atoms with van der Waals surface area (Å²) in [6.07, 6.45) is 13.4. The number of thiophene rings is 1. The molecule has 0 radical (unpaired) electrons. The molecule has 1 amide bonds. The Hall–Kier alpha value is -2.40. The third kappa shape index (κ3) is 6.80. The first-order valence-corrected chi connectivity index (χ1v) is 12.8. The first-order valence-electron chi connectivity index (χ1n) is 12.0. The Morgan fingerprint density at radius 1 is 1.09 bits per heavy atom. The van der Waals surface area contributed by atoms with E-state index in [0.717, 1.165) is 36.2 Å². The van der Waals surface area contributed by atoms with Gasteiger partial charge in [0.15, 0.2) is 0 Å². The number of unbranched alkanes of at least 4 members (excludes halogenated alkanes) is 3. The van der Waals surface area contributed by atoms with Gasteiger partial charge in [0.25, 0.3) is 0 Å². The van der Waals surface area contributed by atoms with Gasteiger partial charge in [-0.3, -0.25) is 4.79 Å². The van der Waals surface area contributed by atoms with Crippen LogP contribution in [0.2, 0.25) is 0 Å². The van der Waals surface area contributed by atoms with Crippen LogP contribution < -0.4 is 4.90 Å². The molecule has 0 N–H and O–H groups in total. The van der Waals surface area contributed by atoms with Crippen LogP contribution in [0.15, 0.2) is 48.6 Å². The van der Waals surface area contributed by atoms with Crippen molar-refractivity contribution >= 4 is 28.9 Å². The minimum atomic E-state index is -0.242. The lowest BCUT2D eigenvalue weighted by molar-refractivity contribution is -0.117. The molecule has 1 fully saturated rings. The predicted octanol–water partition coefficient (Wildman–Crippen LogP) is 6.73. The summed E-state index contributed by atoms with van der Waals surface area (Å²) in [7, 11) is 0. The maximum atomic E-state index is 12.6. The lowest BCUT2D eigenvalue weighted by atomic mass is 10.1. The molecular formula is C27H35NO3S. The van der Waals surface area contributed by atoms with E-state index in [-0.39, 0.29) is 17.9 Å². The number of amides is 1. The largest absolute Gasteiger partial charge is 0.462 e. The van der Waals surface area contributed by atoms with E-state index >= 15 is 0 Å². The van der Waals surface area contributed by atoms with Gasteiger partial charge in [-0.1, -0.05) is 57.4 Å². The maximum absolute atomic E-state index is 12.6. The van der Waals surface area contributed by atoms with Crippen molar-refractivity contribution in [2.75, 3.05) is 11.5 Å². The normalized spacial score (nSPS) is 16.2. The van der Waals surface area contributed by atoms with Crippen molar-refractivity contribution < 1.29 is 14.3 Å². The number of hydrogen-bond acceptors (Lipinski definition) is 4. The van der Waals surface area contributed by atoms with Crippen LogP contribution in [-0.4, -0.2) is 24.5 Å². The molecule has 1 aromatic carbocycles. The third-order valence-electron chi connectivity index (χ3n) is 5.77. The summed E-state index contributed by atoms with van der Waals surface area (Å²) in [6.45, 7) is 4.67. The number of rotatable bonds is 12. The Morgan fingerprint density at radius 3 is 2.66 bits per heavy atom. The highest BCUT2D eigenvalue weighted by Gasteiger charge is 2.30. The SMILES string of the molecule is CCCCCCc1ccc(N2C(=O)CC[C@@H]2/C=C\Cc2ccc(C(=O)OCCC)s2)cc1. The zero-order chi connectivity index (χ0) is 22.8. The Bertz CT molecular complexity index is 900. The molecule has 0 aliphatic carbocycles. The minimum absolute atomic E-state index is 0.0897. The van der Waals surface area contributed by atoms with Crippen molar-refractivity contribution in [1.82, 2.24) is 0 Å². The summed E-state index contributed by atoms with van der Waals surface area (Å²) in [4.78, 5) is 28.2. The fourth-order valence-corrected chi connectivity index (χ4v) is 4.88. The summed E-state index contributed by atoms with van der Waals surface area (Å²) in [5, 5.41) is 0. The maximum Gasteiger partial charge on any atom is 0.348 e. The molecule has 0 bridgehead atoms. The van der Waals surface area contributed by atoms with E-state index in [4.69, 9.17) is 4.74 Å². The van der Waals surface area contributed by atoms with E-state index in [0.29, 0.717) is 17.9 Å². The molecule has 1 aliphatic rings. The number of nitrogens with zero attached hydrogens (tertiary/aromatic N) is 1. The van der Waals surface area contributed by atoms with E-state index in [1.165, 1.54) is 42.6 Å². The molecule has 1 saturated heterocycles. The van der Waals surface area contributed by atoms with Crippen LogP contribution in [-0.2, 0) is 22.4 Å². The van der Waals surface area contributed by atoms with Gasteiger partial charge >= 0.3 is 5.97 Å². The molecule has 1 atom stereocenters. The molecule has 0 saturated carbocycles. The number of allylic oxidation sites excluding steroid dienone is 1. The van der Waals surface area contributed by atoms with Crippen molar-refractivity contribution in [3.8, 4) is 0 Å². The Morgan fingerprint density at radius 2 is 1.91 bits per heavy atom. The lowest BCUT2D eigenvalue weighted by Crippen LogP contribution is -2.31. The summed E-state index contributed by atoms with van der Waals surface area (Å²) in [5.74, 6) is -0.0547. The number of anilines is 1. The van der Waals surface area contributed by atoms with Crippen LogP contribution in [0, 0.1) is 0 Å². The highest BCUT2D eigenvalue weighted by molar-refractivity contribution is 7.13. The highest BCUT2D eigenvalue weighted by atomic mass is 32.1. The molecule has 1 aliphatic heterocycles. The van der Waals surface area contributed by atoms with Gasteiger partial charge in [0.2, 0.25) is 5.91 Å². The zero-order valence-electron chi connectivity index (χ0n) is 19.3. The smallest absolute Gasteiger partial charge is 0.348 e. The fraction of sp³-hybridized carbons (Fsp3) is 0.481. The van der Waals surface area contributed by atoms with Crippen LogP contribution in [0.25, 0.3) is 0 Å². The summed E-state index contributed by atoms with van der Waals surface area (Å²) in [6, 6.07) is 12.4. The van der Waals surface area contributed by atoms with Gasteiger partial charge in [0.1, 0.15) is 4.88 Å². The van der Waals surface area contributed by atoms with Crippen LogP contribution in [0.4, 0.5) is 5.69 Å². The second kappa shape index (κ2) is 12.6. The second-order valence-electron chi connectivity index (χ2n) is 8.38. The molecule has 32 heavy (non-hydrogen) atoms. The number of aryl methyl sites for hydroxylation is 1. The number of carbonyl (C=O) groups is 2. The fourth-order valence-electron chi connectivity index (χ4n) is 4.01. The van der Waals surface area contributed by atoms with Crippen molar-refractivity contribution in [2.24, 2.45) is 0 Å². The van der Waals surface area contributed by atoms with Gasteiger partial charge in [-0.2, -0.15) is 0 Å². The molecular weight excluding hydrogens is 418 g/mol. The van der Waals surface area contributed by atoms with Gasteiger partial charge < -0.3 is 9.64 Å². The molecule has 172 valence electrons. The van der Waals surface area contributed by atoms with Gasteiger partial charge in [-0.25, -0.2) is 4.79 Å². The van der Waals surface area contributed by atoms with E-state index in [1.54, 1.807) is 0 Å². The molecule has 5 heteroatoms. The van der Waals surface area contributed by atoms with Crippen molar-refractivity contribution in [3.63, 3.8) is 0 Å². The average Bonchev–Trinajstić information content (AvgIpc) is 3.42. The zero-order valence-corrected chi connectivity index (χ0v) is 20.2. The standard InChI is InChI=1S/C27H35NO3S/c1-3-5-6-7-9-21-12-14-23(15-13-21)28-22(16-19-26(28)29)10-8-11-24-17-18-25(32-24)27(30)31-20-4-2/h8,10,12-15,17-18,22H,3-7,9,11,16,19-20H2,1-2H3/b10-8-/t22-/m0/s1. The molecule has 2 heterocycles. The number of hydrogen-bond donors (Lipinski definition) is 0. The summed E-state index contributed by atoms with van der Waals surface area (Å²) in [5.41, 5.74) is 2.33. The molecule has 1 aromatic heterocycles. The molecule has 0 spiro atoms. The molecule has 3 rings (SSSR count). The first kappa shape index (κ1) is 24.2. The average molecular weight is 454 g/mol. The van der Waals surface area contributed by atoms with Gasteiger partial charge in [-0.15, -0.1) is 11.3 Å². The minimum Gasteiger partial charge on any atom is -0.462 e. The monoisotopic (exact) mass is 453 g/mol. The quantitative estimate of drug-likeness (QED) is 0.203. The van der Waals surface area contributed by atoms with E-state index in [2.05, 4.69) is 43.3 Å². The Balaban J connectivity index is 1.56. The summed E-state index contributed by atoms with van der Waals surface area (Å²) < 4.78 is 5.20. The third-order valence-corrected chi connectivity index (χ3v) is 6.85. The number of benzene rings is 1. The molecule has 4 nitrogen and oxygen atoms in total.